The molecule has 1 aromatic heterocycles. The van der Waals surface area contributed by atoms with Crippen LogP contribution < -0.4 is 5.32 Å². The zero-order valence-electron chi connectivity index (χ0n) is 12.7. The summed E-state index contributed by atoms with van der Waals surface area (Å²) in [6, 6.07) is 1.96. The van der Waals surface area contributed by atoms with Gasteiger partial charge in [0.05, 0.1) is 0 Å². The number of rotatable bonds is 7. The van der Waals surface area contributed by atoms with Gasteiger partial charge < -0.3 is 5.32 Å². The van der Waals surface area contributed by atoms with Gasteiger partial charge in [-0.3, -0.25) is 0 Å². The van der Waals surface area contributed by atoms with Gasteiger partial charge in [0.25, 0.3) is 0 Å². The SMILES string of the molecule is CCCc1nc(Br)cc(NCC(C(C)C)C(C)C)n1. The van der Waals surface area contributed by atoms with Crippen LogP contribution in [0, 0.1) is 17.8 Å². The summed E-state index contributed by atoms with van der Waals surface area (Å²) >= 11 is 3.46. The molecule has 1 heterocycles. The van der Waals surface area contributed by atoms with E-state index in [4.69, 9.17) is 0 Å². The molecule has 108 valence electrons. The highest BCUT2D eigenvalue weighted by Gasteiger charge is 2.17. The molecule has 19 heavy (non-hydrogen) atoms. The van der Waals surface area contributed by atoms with E-state index >= 15 is 0 Å². The van der Waals surface area contributed by atoms with E-state index in [9.17, 15) is 0 Å². The van der Waals surface area contributed by atoms with Crippen LogP contribution in [0.3, 0.4) is 0 Å². The molecule has 0 radical (unpaired) electrons. The minimum absolute atomic E-state index is 0.656. The number of nitrogens with one attached hydrogen (secondary N) is 1. The standard InChI is InChI=1S/C15H26BrN3/c1-6-7-14-18-13(16)8-15(19-14)17-9-12(10(2)3)11(4)5/h8,10-12H,6-7,9H2,1-5H3,(H,17,18,19). The lowest BCUT2D eigenvalue weighted by Crippen LogP contribution is -2.25. The van der Waals surface area contributed by atoms with Crippen LogP contribution in [-0.4, -0.2) is 16.5 Å². The molecule has 0 amide bonds. The zero-order chi connectivity index (χ0) is 14.4. The molecule has 0 spiro atoms. The highest BCUT2D eigenvalue weighted by Crippen LogP contribution is 2.21. The highest BCUT2D eigenvalue weighted by atomic mass is 79.9. The summed E-state index contributed by atoms with van der Waals surface area (Å²) in [5.74, 6) is 3.84. The van der Waals surface area contributed by atoms with E-state index in [1.165, 1.54) is 0 Å². The van der Waals surface area contributed by atoms with E-state index in [1.54, 1.807) is 0 Å². The van der Waals surface area contributed by atoms with Crippen molar-refractivity contribution in [3.63, 3.8) is 0 Å². The van der Waals surface area contributed by atoms with Crippen molar-refractivity contribution in [2.24, 2.45) is 17.8 Å². The van der Waals surface area contributed by atoms with Crippen LogP contribution in [0.2, 0.25) is 0 Å². The Hall–Kier alpha value is -0.640. The van der Waals surface area contributed by atoms with E-state index in [1.807, 2.05) is 6.07 Å². The molecule has 0 fully saturated rings. The summed E-state index contributed by atoms with van der Waals surface area (Å²) in [5, 5.41) is 3.47. The second kappa shape index (κ2) is 7.83. The predicted molar refractivity (Wildman–Crippen MR) is 85.4 cm³/mol. The van der Waals surface area contributed by atoms with Gasteiger partial charge in [0.2, 0.25) is 0 Å². The molecule has 0 aliphatic heterocycles. The van der Waals surface area contributed by atoms with Crippen LogP contribution in [-0.2, 0) is 6.42 Å². The van der Waals surface area contributed by atoms with Gasteiger partial charge in [0.1, 0.15) is 16.2 Å². The maximum absolute atomic E-state index is 4.56. The van der Waals surface area contributed by atoms with Gasteiger partial charge in [0.15, 0.2) is 0 Å². The van der Waals surface area contributed by atoms with Crippen molar-refractivity contribution >= 4 is 21.7 Å². The number of hydrogen-bond donors (Lipinski definition) is 1. The predicted octanol–water partition coefficient (Wildman–Crippen LogP) is 4.53. The van der Waals surface area contributed by atoms with Crippen molar-refractivity contribution in [2.45, 2.75) is 47.5 Å². The Morgan fingerprint density at radius 3 is 2.32 bits per heavy atom. The van der Waals surface area contributed by atoms with E-state index < -0.39 is 0 Å². The van der Waals surface area contributed by atoms with Gasteiger partial charge in [-0.1, -0.05) is 34.6 Å². The molecule has 3 nitrogen and oxygen atoms in total. The van der Waals surface area contributed by atoms with Gasteiger partial charge in [-0.2, -0.15) is 0 Å². The number of anilines is 1. The van der Waals surface area contributed by atoms with Gasteiger partial charge >= 0.3 is 0 Å². The van der Waals surface area contributed by atoms with Crippen molar-refractivity contribution in [1.82, 2.24) is 9.97 Å². The third kappa shape index (κ3) is 5.47. The first-order chi connectivity index (χ1) is 8.93. The van der Waals surface area contributed by atoms with Crippen LogP contribution in [0.25, 0.3) is 0 Å². The number of hydrogen-bond acceptors (Lipinski definition) is 3. The van der Waals surface area contributed by atoms with Crippen LogP contribution >= 0.6 is 15.9 Å². The second-order valence-corrected chi connectivity index (χ2v) is 6.59. The molecule has 0 unspecified atom stereocenters. The highest BCUT2D eigenvalue weighted by molar-refractivity contribution is 9.10. The monoisotopic (exact) mass is 327 g/mol. The van der Waals surface area contributed by atoms with E-state index in [0.29, 0.717) is 17.8 Å². The lowest BCUT2D eigenvalue weighted by molar-refractivity contribution is 0.304. The molecule has 0 atom stereocenters. The summed E-state index contributed by atoms with van der Waals surface area (Å²) in [4.78, 5) is 8.95. The van der Waals surface area contributed by atoms with Crippen molar-refractivity contribution < 1.29 is 0 Å². The van der Waals surface area contributed by atoms with Gasteiger partial charge in [-0.25, -0.2) is 9.97 Å². The molecule has 0 aliphatic rings. The minimum atomic E-state index is 0.656. The maximum atomic E-state index is 4.56. The summed E-state index contributed by atoms with van der Waals surface area (Å²) in [6.07, 6.45) is 1.99. The Bertz CT molecular complexity index is 383. The molecule has 1 N–H and O–H groups in total. The fraction of sp³-hybridized carbons (Fsp3) is 0.733. The molecule has 0 saturated carbocycles. The number of halogens is 1. The number of nitrogens with zero attached hydrogens (tertiary/aromatic N) is 2. The Morgan fingerprint density at radius 1 is 1.16 bits per heavy atom. The van der Waals surface area contributed by atoms with Crippen molar-refractivity contribution in [3.05, 3.63) is 16.5 Å². The first kappa shape index (κ1) is 16.4. The molecule has 1 rings (SSSR count). The molecule has 0 bridgehead atoms. The zero-order valence-corrected chi connectivity index (χ0v) is 14.3. The average molecular weight is 328 g/mol. The molecular weight excluding hydrogens is 302 g/mol. The lowest BCUT2D eigenvalue weighted by atomic mass is 9.85. The van der Waals surface area contributed by atoms with Crippen molar-refractivity contribution in [1.29, 1.82) is 0 Å². The molecule has 1 aromatic rings. The normalized spacial score (nSPS) is 11.6. The average Bonchev–Trinajstić information content (AvgIpc) is 2.27. The first-order valence-electron chi connectivity index (χ1n) is 7.21. The second-order valence-electron chi connectivity index (χ2n) is 5.77. The molecule has 0 saturated heterocycles. The number of aromatic nitrogens is 2. The van der Waals surface area contributed by atoms with Crippen LogP contribution in [0.4, 0.5) is 5.82 Å². The van der Waals surface area contributed by atoms with Crippen molar-refractivity contribution in [3.8, 4) is 0 Å². The Morgan fingerprint density at radius 2 is 1.79 bits per heavy atom. The molecular formula is C15H26BrN3. The summed E-state index contributed by atoms with van der Waals surface area (Å²) < 4.78 is 0.860. The van der Waals surface area contributed by atoms with E-state index in [-0.39, 0.29) is 0 Å². The van der Waals surface area contributed by atoms with Crippen LogP contribution in [0.15, 0.2) is 10.7 Å². The van der Waals surface area contributed by atoms with Gasteiger partial charge in [-0.05, 0) is 40.1 Å². The first-order valence-corrected chi connectivity index (χ1v) is 8.00. The van der Waals surface area contributed by atoms with Gasteiger partial charge in [0, 0.05) is 19.0 Å². The quantitative estimate of drug-likeness (QED) is 0.747. The topological polar surface area (TPSA) is 37.8 Å². The van der Waals surface area contributed by atoms with Gasteiger partial charge in [-0.15, -0.1) is 0 Å². The molecule has 0 aliphatic carbocycles. The van der Waals surface area contributed by atoms with Crippen molar-refractivity contribution in [2.75, 3.05) is 11.9 Å². The number of aryl methyl sites for hydroxylation is 1. The Balaban J connectivity index is 2.71. The summed E-state index contributed by atoms with van der Waals surface area (Å²) in [6.45, 7) is 12.2. The smallest absolute Gasteiger partial charge is 0.132 e. The fourth-order valence-electron chi connectivity index (χ4n) is 2.35. The summed E-state index contributed by atoms with van der Waals surface area (Å²) in [5.41, 5.74) is 0. The minimum Gasteiger partial charge on any atom is -0.370 e. The lowest BCUT2D eigenvalue weighted by Gasteiger charge is -2.25. The van der Waals surface area contributed by atoms with Crippen LogP contribution in [0.5, 0.6) is 0 Å². The molecule has 0 aromatic carbocycles. The Kier molecular flexibility index (Phi) is 6.76. The molecule has 4 heteroatoms. The summed E-state index contributed by atoms with van der Waals surface area (Å²) in [7, 11) is 0. The van der Waals surface area contributed by atoms with Crippen LogP contribution in [0.1, 0.15) is 46.9 Å². The Labute approximate surface area is 125 Å². The van der Waals surface area contributed by atoms with E-state index in [2.05, 4.69) is 65.8 Å². The fourth-order valence-corrected chi connectivity index (χ4v) is 2.78. The third-order valence-corrected chi connectivity index (χ3v) is 3.85. The maximum Gasteiger partial charge on any atom is 0.132 e. The van der Waals surface area contributed by atoms with E-state index in [0.717, 1.165) is 35.6 Å². The largest absolute Gasteiger partial charge is 0.370 e. The third-order valence-electron chi connectivity index (χ3n) is 3.45.